The van der Waals surface area contributed by atoms with Crippen LogP contribution in [0, 0.1) is 12.8 Å². The van der Waals surface area contributed by atoms with E-state index in [-0.39, 0.29) is 0 Å². The molecule has 0 aliphatic heterocycles. The molecule has 1 heterocycles. The second-order valence-electron chi connectivity index (χ2n) is 5.41. The summed E-state index contributed by atoms with van der Waals surface area (Å²) in [6.45, 7) is 2.97. The highest BCUT2D eigenvalue weighted by atomic mass is 15.5. The maximum atomic E-state index is 5.87. The van der Waals surface area contributed by atoms with Crippen molar-refractivity contribution in [3.05, 3.63) is 23.8 Å². The average Bonchev–Trinajstić information content (AvgIpc) is 3.04. The summed E-state index contributed by atoms with van der Waals surface area (Å²) in [4.78, 5) is 0. The van der Waals surface area contributed by atoms with Crippen molar-refractivity contribution in [1.82, 2.24) is 20.2 Å². The summed E-state index contributed by atoms with van der Waals surface area (Å²) in [7, 11) is 0. The third-order valence-corrected chi connectivity index (χ3v) is 3.94. The number of nitrogen functional groups attached to an aromatic ring is 1. The topological polar surface area (TPSA) is 69.6 Å². The van der Waals surface area contributed by atoms with Gasteiger partial charge < -0.3 is 5.73 Å². The van der Waals surface area contributed by atoms with Gasteiger partial charge in [0.1, 0.15) is 0 Å². The Morgan fingerprint density at radius 2 is 2.11 bits per heavy atom. The molecular formula is C14H19N5. The van der Waals surface area contributed by atoms with Gasteiger partial charge in [-0.25, -0.2) is 4.68 Å². The predicted molar refractivity (Wildman–Crippen MR) is 74.4 cm³/mol. The second kappa shape index (κ2) is 4.99. The van der Waals surface area contributed by atoms with E-state index in [2.05, 4.69) is 22.4 Å². The van der Waals surface area contributed by atoms with E-state index in [4.69, 9.17) is 5.73 Å². The summed E-state index contributed by atoms with van der Waals surface area (Å²) >= 11 is 0. The lowest BCUT2D eigenvalue weighted by molar-refractivity contribution is 0.424. The summed E-state index contributed by atoms with van der Waals surface area (Å²) in [5, 5.41) is 12.2. The van der Waals surface area contributed by atoms with Gasteiger partial charge in [-0.15, -0.1) is 5.10 Å². The van der Waals surface area contributed by atoms with Crippen LogP contribution in [0.2, 0.25) is 0 Å². The average molecular weight is 257 g/mol. The number of aromatic nitrogens is 4. The van der Waals surface area contributed by atoms with Crippen molar-refractivity contribution in [2.75, 3.05) is 5.73 Å². The van der Waals surface area contributed by atoms with E-state index in [9.17, 15) is 0 Å². The minimum Gasteiger partial charge on any atom is -0.399 e. The number of hydrogen-bond acceptors (Lipinski definition) is 4. The van der Waals surface area contributed by atoms with E-state index in [0.717, 1.165) is 29.2 Å². The van der Waals surface area contributed by atoms with Gasteiger partial charge in [-0.05, 0) is 53.8 Å². The van der Waals surface area contributed by atoms with Gasteiger partial charge >= 0.3 is 0 Å². The van der Waals surface area contributed by atoms with E-state index in [1.807, 2.05) is 22.9 Å². The fourth-order valence-corrected chi connectivity index (χ4v) is 2.84. The molecule has 0 spiro atoms. The molecule has 2 N–H and O–H groups in total. The molecule has 1 saturated carbocycles. The molecule has 5 heteroatoms. The smallest absolute Gasteiger partial charge is 0.182 e. The lowest BCUT2D eigenvalue weighted by atomic mass is 10.1. The Kier molecular flexibility index (Phi) is 3.19. The van der Waals surface area contributed by atoms with Gasteiger partial charge in [0.2, 0.25) is 0 Å². The summed E-state index contributed by atoms with van der Waals surface area (Å²) in [5.41, 5.74) is 8.80. The predicted octanol–water partition coefficient (Wildman–Crippen LogP) is 2.42. The maximum Gasteiger partial charge on any atom is 0.182 e. The van der Waals surface area contributed by atoms with Crippen LogP contribution in [0.15, 0.2) is 18.2 Å². The second-order valence-corrected chi connectivity index (χ2v) is 5.41. The number of nitrogens with two attached hydrogens (primary N) is 1. The first-order valence-electron chi connectivity index (χ1n) is 6.86. The van der Waals surface area contributed by atoms with Gasteiger partial charge in [0, 0.05) is 17.8 Å². The van der Waals surface area contributed by atoms with Crippen LogP contribution >= 0.6 is 0 Å². The highest BCUT2D eigenvalue weighted by Crippen LogP contribution is 2.28. The molecule has 0 atom stereocenters. The van der Waals surface area contributed by atoms with Gasteiger partial charge in [0.15, 0.2) is 5.82 Å². The Morgan fingerprint density at radius 3 is 2.89 bits per heavy atom. The zero-order chi connectivity index (χ0) is 13.2. The summed E-state index contributed by atoms with van der Waals surface area (Å²) in [6.07, 6.45) is 5.24. The Bertz CT molecular complexity index is 569. The Balaban J connectivity index is 1.92. The number of nitrogens with zero attached hydrogens (tertiary/aromatic N) is 4. The number of hydrogen-bond donors (Lipinski definition) is 1. The first-order valence-corrected chi connectivity index (χ1v) is 6.86. The van der Waals surface area contributed by atoms with Crippen molar-refractivity contribution in [3.8, 4) is 11.4 Å². The normalized spacial score (nSPS) is 16.1. The molecule has 100 valence electrons. The standard InChI is InChI=1S/C14H19N5/c1-10-6-7-12(15)8-13(10)14-16-17-18-19(14)9-11-4-2-3-5-11/h6-8,11H,2-5,9,15H2,1H3. The Morgan fingerprint density at radius 1 is 1.32 bits per heavy atom. The monoisotopic (exact) mass is 257 g/mol. The molecule has 19 heavy (non-hydrogen) atoms. The van der Waals surface area contributed by atoms with Crippen LogP contribution in [-0.2, 0) is 6.54 Å². The van der Waals surface area contributed by atoms with Crippen LogP contribution in [0.3, 0.4) is 0 Å². The summed E-state index contributed by atoms with van der Waals surface area (Å²) in [5.74, 6) is 1.54. The van der Waals surface area contributed by atoms with Gasteiger partial charge in [-0.1, -0.05) is 18.9 Å². The van der Waals surface area contributed by atoms with Crippen molar-refractivity contribution < 1.29 is 0 Å². The van der Waals surface area contributed by atoms with E-state index >= 15 is 0 Å². The largest absolute Gasteiger partial charge is 0.399 e. The maximum absolute atomic E-state index is 5.87. The van der Waals surface area contributed by atoms with Crippen molar-refractivity contribution in [2.24, 2.45) is 5.92 Å². The highest BCUT2D eigenvalue weighted by Gasteiger charge is 2.19. The first-order chi connectivity index (χ1) is 9.24. The molecule has 2 aromatic rings. The molecule has 0 radical (unpaired) electrons. The van der Waals surface area contributed by atoms with Crippen LogP contribution in [0.25, 0.3) is 11.4 Å². The molecule has 0 bridgehead atoms. The number of aryl methyl sites for hydroxylation is 1. The number of benzene rings is 1. The number of anilines is 1. The molecule has 1 aliphatic carbocycles. The highest BCUT2D eigenvalue weighted by molar-refractivity contribution is 5.65. The molecule has 3 rings (SSSR count). The molecule has 0 amide bonds. The molecule has 1 aromatic carbocycles. The molecular weight excluding hydrogens is 238 g/mol. The van der Waals surface area contributed by atoms with Crippen LogP contribution in [-0.4, -0.2) is 20.2 Å². The van der Waals surface area contributed by atoms with E-state index < -0.39 is 0 Å². The third-order valence-electron chi connectivity index (χ3n) is 3.94. The number of rotatable bonds is 3. The fourth-order valence-electron chi connectivity index (χ4n) is 2.84. The minimum absolute atomic E-state index is 0.712. The SMILES string of the molecule is Cc1ccc(N)cc1-c1nnnn1CC1CCCC1. The van der Waals surface area contributed by atoms with Crippen molar-refractivity contribution in [2.45, 2.75) is 39.2 Å². The van der Waals surface area contributed by atoms with Gasteiger partial charge in [0.25, 0.3) is 0 Å². The number of tetrazole rings is 1. The molecule has 1 aromatic heterocycles. The quantitative estimate of drug-likeness (QED) is 0.857. The zero-order valence-electron chi connectivity index (χ0n) is 11.2. The van der Waals surface area contributed by atoms with E-state index in [1.54, 1.807) is 0 Å². The van der Waals surface area contributed by atoms with Gasteiger partial charge in [0.05, 0.1) is 0 Å². The van der Waals surface area contributed by atoms with E-state index in [0.29, 0.717) is 5.92 Å². The zero-order valence-corrected chi connectivity index (χ0v) is 11.2. The van der Waals surface area contributed by atoms with Gasteiger partial charge in [-0.2, -0.15) is 0 Å². The van der Waals surface area contributed by atoms with Crippen molar-refractivity contribution in [1.29, 1.82) is 0 Å². The summed E-state index contributed by atoms with van der Waals surface area (Å²) < 4.78 is 1.93. The summed E-state index contributed by atoms with van der Waals surface area (Å²) in [6, 6.07) is 5.87. The Hall–Kier alpha value is -1.91. The molecule has 1 aliphatic rings. The third kappa shape index (κ3) is 2.45. The fraction of sp³-hybridized carbons (Fsp3) is 0.500. The van der Waals surface area contributed by atoms with Crippen molar-refractivity contribution in [3.63, 3.8) is 0 Å². The lowest BCUT2D eigenvalue weighted by Crippen LogP contribution is -2.11. The first kappa shape index (κ1) is 12.1. The Labute approximate surface area is 112 Å². The minimum atomic E-state index is 0.712. The van der Waals surface area contributed by atoms with Crippen LogP contribution in [0.1, 0.15) is 31.2 Å². The molecule has 1 fully saturated rings. The lowest BCUT2D eigenvalue weighted by Gasteiger charge is -2.11. The van der Waals surface area contributed by atoms with Crippen LogP contribution in [0.4, 0.5) is 5.69 Å². The van der Waals surface area contributed by atoms with Gasteiger partial charge in [-0.3, -0.25) is 0 Å². The van der Waals surface area contributed by atoms with Crippen molar-refractivity contribution >= 4 is 5.69 Å². The molecule has 0 unspecified atom stereocenters. The van der Waals surface area contributed by atoms with E-state index in [1.165, 1.54) is 25.7 Å². The molecule has 0 saturated heterocycles. The van der Waals surface area contributed by atoms with Crippen LogP contribution in [0.5, 0.6) is 0 Å². The molecule has 5 nitrogen and oxygen atoms in total. The van der Waals surface area contributed by atoms with Crippen LogP contribution < -0.4 is 5.73 Å².